The molecule has 4 aliphatic rings. The van der Waals surface area contributed by atoms with E-state index in [0.29, 0.717) is 5.69 Å². The van der Waals surface area contributed by atoms with Gasteiger partial charge in [-0.2, -0.15) is 0 Å². The van der Waals surface area contributed by atoms with Gasteiger partial charge < -0.3 is 0 Å². The molecule has 2 bridgehead atoms. The Bertz CT molecular complexity index is 1180. The number of benzene rings is 3. The van der Waals surface area contributed by atoms with Gasteiger partial charge >= 0.3 is 0 Å². The van der Waals surface area contributed by atoms with Crippen LogP contribution in [0.15, 0.2) is 78.9 Å². The van der Waals surface area contributed by atoms with E-state index in [-0.39, 0.29) is 11.8 Å². The average molecular weight is 524 g/mol. The number of hydrazine groups is 1. The van der Waals surface area contributed by atoms with E-state index in [1.54, 1.807) is 0 Å². The molecule has 3 aliphatic carbocycles. The van der Waals surface area contributed by atoms with E-state index >= 15 is 0 Å². The highest BCUT2D eigenvalue weighted by Crippen LogP contribution is 2.69. The number of rotatable bonds is 1. The Morgan fingerprint density at radius 2 is 1.10 bits per heavy atom. The molecule has 7 rings (SSSR count). The lowest BCUT2D eigenvalue weighted by Gasteiger charge is -2.60. The van der Waals surface area contributed by atoms with Crippen molar-refractivity contribution in [1.82, 2.24) is 5.43 Å². The minimum atomic E-state index is -0.789. The lowest BCUT2D eigenvalue weighted by molar-refractivity contribution is -0.143. The van der Waals surface area contributed by atoms with E-state index in [4.69, 9.17) is 0 Å². The van der Waals surface area contributed by atoms with Crippen molar-refractivity contribution in [2.45, 2.75) is 8.65 Å². The number of nitrogens with one attached hydrogen (secondary N) is 1. The molecule has 1 saturated heterocycles. The van der Waals surface area contributed by atoms with Crippen LogP contribution in [0.2, 0.25) is 0 Å². The Labute approximate surface area is 190 Å². The zero-order chi connectivity index (χ0) is 20.7. The molecule has 3 aromatic rings. The molecule has 0 unspecified atom stereocenters. The Morgan fingerprint density at radius 3 is 1.60 bits per heavy atom. The molecular weight excluding hydrogens is 508 g/mol. The quantitative estimate of drug-likeness (QED) is 0.474. The zero-order valence-corrected chi connectivity index (χ0v) is 18.9. The van der Waals surface area contributed by atoms with Crippen LogP contribution in [0.3, 0.4) is 0 Å². The number of para-hydroxylation sites is 1. The summed E-state index contributed by atoms with van der Waals surface area (Å²) in [7, 11) is 0. The van der Waals surface area contributed by atoms with Crippen molar-refractivity contribution < 1.29 is 9.59 Å². The molecule has 6 heteroatoms. The number of anilines is 1. The molecule has 0 spiro atoms. The van der Waals surface area contributed by atoms with Crippen LogP contribution in [0.4, 0.5) is 5.69 Å². The van der Waals surface area contributed by atoms with Crippen LogP contribution in [0, 0.1) is 11.8 Å². The number of alkyl halides is 2. The third kappa shape index (κ3) is 2.01. The summed E-state index contributed by atoms with van der Waals surface area (Å²) in [6, 6.07) is 25.4. The molecule has 1 N–H and O–H groups in total. The maximum atomic E-state index is 13.9. The highest BCUT2D eigenvalue weighted by molar-refractivity contribution is 9.10. The number of halogens is 2. The van der Waals surface area contributed by atoms with Crippen LogP contribution in [-0.2, 0) is 18.2 Å². The van der Waals surface area contributed by atoms with Gasteiger partial charge in [-0.15, -0.1) is 0 Å². The summed E-state index contributed by atoms with van der Waals surface area (Å²) in [6.45, 7) is 0. The van der Waals surface area contributed by atoms with Crippen molar-refractivity contribution in [3.63, 3.8) is 0 Å². The molecule has 1 aliphatic heterocycles. The zero-order valence-electron chi connectivity index (χ0n) is 15.7. The Balaban J connectivity index is 1.66. The van der Waals surface area contributed by atoms with Gasteiger partial charge in [0.15, 0.2) is 0 Å². The fourth-order valence-corrected chi connectivity index (χ4v) is 7.76. The Kier molecular flexibility index (Phi) is 3.70. The number of nitrogens with zero attached hydrogens (tertiary/aromatic N) is 1. The van der Waals surface area contributed by atoms with Crippen molar-refractivity contribution in [3.8, 4) is 0 Å². The highest BCUT2D eigenvalue weighted by atomic mass is 79.9. The predicted octanol–water partition coefficient (Wildman–Crippen LogP) is 4.60. The second kappa shape index (κ2) is 6.05. The Morgan fingerprint density at radius 1 is 0.667 bits per heavy atom. The van der Waals surface area contributed by atoms with Crippen LogP contribution < -0.4 is 10.4 Å². The first-order valence-electron chi connectivity index (χ1n) is 9.76. The van der Waals surface area contributed by atoms with Crippen molar-refractivity contribution in [3.05, 3.63) is 101 Å². The minimum absolute atomic E-state index is 0.129. The number of hydrogen-bond acceptors (Lipinski definition) is 2. The largest absolute Gasteiger partial charge is 0.273 e. The number of carbonyl (C=O) groups excluding carboxylic acids is 2. The topological polar surface area (TPSA) is 49.4 Å². The summed E-state index contributed by atoms with van der Waals surface area (Å²) >= 11 is 8.00. The van der Waals surface area contributed by atoms with Crippen LogP contribution in [0.5, 0.6) is 0 Å². The van der Waals surface area contributed by atoms with Crippen LogP contribution in [0.1, 0.15) is 22.3 Å². The fourth-order valence-electron chi connectivity index (χ4n) is 5.44. The summed E-state index contributed by atoms with van der Waals surface area (Å²) in [6.07, 6.45) is 0. The summed E-state index contributed by atoms with van der Waals surface area (Å²) < 4.78 is -1.56. The molecule has 0 aromatic heterocycles. The van der Waals surface area contributed by atoms with E-state index in [1.807, 2.05) is 66.7 Å². The second-order valence-corrected chi connectivity index (χ2v) is 10.5. The summed E-state index contributed by atoms with van der Waals surface area (Å²) in [5.41, 5.74) is 7.62. The van der Waals surface area contributed by atoms with Crippen LogP contribution in [0.25, 0.3) is 0 Å². The van der Waals surface area contributed by atoms with Gasteiger partial charge in [-0.1, -0.05) is 98.6 Å². The SMILES string of the molecule is O=C1NN(c2ccccc2)C(=O)[C@@H]2[C@H]1C1(Br)c3ccccc3C2(Br)c2ccccc21. The number of hydrogen-bond donors (Lipinski definition) is 1. The van der Waals surface area contributed by atoms with Crippen LogP contribution in [-0.4, -0.2) is 11.8 Å². The molecular formula is C24H16Br2N2O2. The van der Waals surface area contributed by atoms with Gasteiger partial charge in [0, 0.05) is 0 Å². The molecule has 0 radical (unpaired) electrons. The normalized spacial score (nSPS) is 30.9. The van der Waals surface area contributed by atoms with Crippen molar-refractivity contribution >= 4 is 49.4 Å². The smallest absolute Gasteiger partial charge is 0.251 e. The van der Waals surface area contributed by atoms with Crippen LogP contribution >= 0.6 is 31.9 Å². The standard InChI is InChI=1S/C24H16Br2N2O2/c25-23-15-10-4-6-12-17(15)24(26,18-13-7-5-11-16(18)23)20-19(23)21(29)27-28(22(20)30)14-8-2-1-3-9-14/h1-13,19-20H,(H,27,29)/t19-,20+,23?,24?/m1/s1. The predicted molar refractivity (Wildman–Crippen MR) is 121 cm³/mol. The molecule has 30 heavy (non-hydrogen) atoms. The van der Waals surface area contributed by atoms with E-state index in [0.717, 1.165) is 22.3 Å². The van der Waals surface area contributed by atoms with Gasteiger partial charge in [-0.25, -0.2) is 5.01 Å². The minimum Gasteiger partial charge on any atom is -0.273 e. The van der Waals surface area contributed by atoms with Gasteiger partial charge in [-0.05, 0) is 34.4 Å². The number of carbonyl (C=O) groups is 2. The lowest BCUT2D eigenvalue weighted by Crippen LogP contribution is -2.70. The Hall–Kier alpha value is -2.44. The van der Waals surface area contributed by atoms with E-state index < -0.39 is 20.5 Å². The van der Waals surface area contributed by atoms with Crippen molar-refractivity contribution in [1.29, 1.82) is 0 Å². The van der Waals surface area contributed by atoms with E-state index in [9.17, 15) is 9.59 Å². The highest BCUT2D eigenvalue weighted by Gasteiger charge is 2.70. The van der Waals surface area contributed by atoms with E-state index in [2.05, 4.69) is 49.4 Å². The monoisotopic (exact) mass is 522 g/mol. The molecule has 0 saturated carbocycles. The van der Waals surface area contributed by atoms with Gasteiger partial charge in [0.2, 0.25) is 5.91 Å². The molecule has 148 valence electrons. The molecule has 1 fully saturated rings. The second-order valence-electron chi connectivity index (χ2n) is 7.96. The van der Waals surface area contributed by atoms with Gasteiger partial charge in [0.1, 0.15) is 0 Å². The first kappa shape index (κ1) is 18.3. The molecule has 4 nitrogen and oxygen atoms in total. The molecule has 1 heterocycles. The maximum Gasteiger partial charge on any atom is 0.251 e. The molecule has 3 aromatic carbocycles. The maximum absolute atomic E-state index is 13.9. The summed E-state index contributed by atoms with van der Waals surface area (Å²) in [5.74, 6) is -1.49. The van der Waals surface area contributed by atoms with Gasteiger partial charge in [0.05, 0.1) is 26.2 Å². The first-order valence-corrected chi connectivity index (χ1v) is 11.3. The van der Waals surface area contributed by atoms with Gasteiger partial charge in [0.25, 0.3) is 5.91 Å². The summed E-state index contributed by atoms with van der Waals surface area (Å²) in [4.78, 5) is 27.5. The average Bonchev–Trinajstić information content (AvgIpc) is 2.79. The number of amides is 2. The fraction of sp³-hybridized carbons (Fsp3) is 0.167. The van der Waals surface area contributed by atoms with Crippen molar-refractivity contribution in [2.24, 2.45) is 11.8 Å². The summed E-state index contributed by atoms with van der Waals surface area (Å²) in [5, 5.41) is 1.40. The first-order chi connectivity index (χ1) is 14.5. The third-order valence-corrected chi connectivity index (χ3v) is 9.31. The van der Waals surface area contributed by atoms with Crippen molar-refractivity contribution in [2.75, 3.05) is 5.01 Å². The lowest BCUT2D eigenvalue weighted by atomic mass is 9.53. The third-order valence-electron chi connectivity index (χ3n) is 6.62. The molecule has 2 amide bonds. The molecule has 2 atom stereocenters. The van der Waals surface area contributed by atoms with E-state index in [1.165, 1.54) is 5.01 Å². The van der Waals surface area contributed by atoms with Gasteiger partial charge in [-0.3, -0.25) is 15.0 Å².